The smallest absolute Gasteiger partial charge is 0.325 e. The summed E-state index contributed by atoms with van der Waals surface area (Å²) < 4.78 is 4.42. The van der Waals surface area contributed by atoms with E-state index >= 15 is 0 Å². The minimum Gasteiger partial charge on any atom is -0.468 e. The van der Waals surface area contributed by atoms with E-state index in [4.69, 9.17) is 16.9 Å². The van der Waals surface area contributed by atoms with Gasteiger partial charge in [0.25, 0.3) is 5.91 Å². The van der Waals surface area contributed by atoms with Crippen LogP contribution in [-0.4, -0.2) is 25.5 Å². The van der Waals surface area contributed by atoms with Crippen molar-refractivity contribution in [1.29, 1.82) is 5.26 Å². The van der Waals surface area contributed by atoms with Crippen LogP contribution in [0.4, 0.5) is 0 Å². The number of hydrogen-bond acceptors (Lipinski definition) is 5. The topological polar surface area (TPSA) is 91.2 Å². The van der Waals surface area contributed by atoms with Crippen LogP contribution in [0.2, 0.25) is 5.02 Å². The fourth-order valence-electron chi connectivity index (χ4n) is 1.34. The van der Waals surface area contributed by atoms with E-state index < -0.39 is 11.9 Å². The summed E-state index contributed by atoms with van der Waals surface area (Å²) in [7, 11) is 1.25. The van der Waals surface area contributed by atoms with Gasteiger partial charge in [-0.05, 0) is 17.7 Å². The van der Waals surface area contributed by atoms with Crippen LogP contribution < -0.4 is 10.6 Å². The summed E-state index contributed by atoms with van der Waals surface area (Å²) in [5, 5.41) is 14.6. The summed E-state index contributed by atoms with van der Waals surface area (Å²) in [5.74, 6) is -1.03. The predicted molar refractivity (Wildman–Crippen MR) is 77.0 cm³/mol. The number of nitrogens with zero attached hydrogens (tertiary/aromatic N) is 1. The molecule has 7 heteroatoms. The van der Waals surface area contributed by atoms with Gasteiger partial charge >= 0.3 is 5.97 Å². The Morgan fingerprint density at radius 1 is 1.38 bits per heavy atom. The Hall–Kier alpha value is -2.52. The van der Waals surface area contributed by atoms with E-state index in [1.165, 1.54) is 13.3 Å². The molecule has 1 aromatic rings. The second-order valence-corrected chi connectivity index (χ2v) is 4.37. The van der Waals surface area contributed by atoms with Crippen molar-refractivity contribution in [3.05, 3.63) is 46.6 Å². The molecule has 0 aliphatic carbocycles. The van der Waals surface area contributed by atoms with Crippen molar-refractivity contribution < 1.29 is 14.3 Å². The van der Waals surface area contributed by atoms with E-state index in [9.17, 15) is 9.59 Å². The Morgan fingerprint density at radius 2 is 2.05 bits per heavy atom. The van der Waals surface area contributed by atoms with Gasteiger partial charge in [-0.1, -0.05) is 23.7 Å². The molecule has 110 valence electrons. The normalized spacial score (nSPS) is 10.4. The summed E-state index contributed by atoms with van der Waals surface area (Å²) in [6, 6.07) is 8.72. The number of benzene rings is 1. The van der Waals surface area contributed by atoms with E-state index in [0.717, 1.165) is 5.56 Å². The van der Waals surface area contributed by atoms with Gasteiger partial charge in [-0.3, -0.25) is 9.59 Å². The number of hydrogen-bond donors (Lipinski definition) is 2. The second-order valence-electron chi connectivity index (χ2n) is 3.94. The van der Waals surface area contributed by atoms with Gasteiger partial charge in [0.15, 0.2) is 0 Å². The summed E-state index contributed by atoms with van der Waals surface area (Å²) in [6.45, 7) is 0.151. The third kappa shape index (κ3) is 5.97. The molecular weight excluding hydrogens is 294 g/mol. The number of nitriles is 1. The average Bonchev–Trinajstić information content (AvgIpc) is 2.50. The van der Waals surface area contributed by atoms with Crippen molar-refractivity contribution in [2.45, 2.75) is 6.54 Å². The monoisotopic (exact) mass is 307 g/mol. The number of ether oxygens (including phenoxy) is 1. The van der Waals surface area contributed by atoms with Gasteiger partial charge in [-0.25, -0.2) is 0 Å². The fourth-order valence-corrected chi connectivity index (χ4v) is 1.46. The van der Waals surface area contributed by atoms with Crippen LogP contribution in [0, 0.1) is 11.3 Å². The first kappa shape index (κ1) is 16.5. The minimum atomic E-state index is -0.537. The lowest BCUT2D eigenvalue weighted by molar-refractivity contribution is -0.139. The highest BCUT2D eigenvalue weighted by Crippen LogP contribution is 2.09. The Morgan fingerprint density at radius 3 is 2.62 bits per heavy atom. The van der Waals surface area contributed by atoms with Crippen molar-refractivity contribution in [3.63, 3.8) is 0 Å². The molecule has 0 atom stereocenters. The van der Waals surface area contributed by atoms with Crippen LogP contribution in [0.25, 0.3) is 0 Å². The minimum absolute atomic E-state index is 0.119. The zero-order chi connectivity index (χ0) is 15.7. The zero-order valence-corrected chi connectivity index (χ0v) is 12.1. The van der Waals surface area contributed by atoms with E-state index in [0.29, 0.717) is 5.02 Å². The van der Waals surface area contributed by atoms with Gasteiger partial charge in [0.2, 0.25) is 0 Å². The molecule has 1 aromatic carbocycles. The largest absolute Gasteiger partial charge is 0.468 e. The lowest BCUT2D eigenvalue weighted by Gasteiger charge is -2.05. The molecule has 2 N–H and O–H groups in total. The van der Waals surface area contributed by atoms with Crippen molar-refractivity contribution in [2.24, 2.45) is 0 Å². The quantitative estimate of drug-likeness (QED) is 0.467. The highest BCUT2D eigenvalue weighted by atomic mass is 35.5. The van der Waals surface area contributed by atoms with Crippen molar-refractivity contribution in [3.8, 4) is 6.07 Å². The zero-order valence-electron chi connectivity index (χ0n) is 11.4. The Balaban J connectivity index is 2.51. The summed E-state index contributed by atoms with van der Waals surface area (Å²) >= 11 is 5.76. The van der Waals surface area contributed by atoms with Gasteiger partial charge in [0.05, 0.1) is 7.11 Å². The molecule has 1 rings (SSSR count). The first-order chi connectivity index (χ1) is 10.1. The number of esters is 1. The highest BCUT2D eigenvalue weighted by Gasteiger charge is 2.08. The molecule has 0 aliphatic rings. The van der Waals surface area contributed by atoms with Crippen LogP contribution in [0.3, 0.4) is 0 Å². The lowest BCUT2D eigenvalue weighted by atomic mass is 10.2. The summed E-state index contributed by atoms with van der Waals surface area (Å²) in [4.78, 5) is 22.7. The van der Waals surface area contributed by atoms with E-state index in [2.05, 4.69) is 15.4 Å². The molecule has 0 radical (unpaired) electrons. The summed E-state index contributed by atoms with van der Waals surface area (Å²) in [5.41, 5.74) is 0.723. The number of carbonyl (C=O) groups is 2. The maximum Gasteiger partial charge on any atom is 0.325 e. The number of halogens is 1. The van der Waals surface area contributed by atoms with Crippen molar-refractivity contribution >= 4 is 23.5 Å². The average molecular weight is 308 g/mol. The molecule has 0 fully saturated rings. The Bertz CT molecular complexity index is 576. The van der Waals surface area contributed by atoms with Gasteiger partial charge in [0.1, 0.15) is 18.2 Å². The van der Waals surface area contributed by atoms with Crippen LogP contribution in [0.1, 0.15) is 5.56 Å². The van der Waals surface area contributed by atoms with Gasteiger partial charge in [-0.15, -0.1) is 0 Å². The number of carbonyl (C=O) groups excluding carboxylic acids is 2. The van der Waals surface area contributed by atoms with Crippen LogP contribution in [-0.2, 0) is 20.9 Å². The molecule has 0 unspecified atom stereocenters. The van der Waals surface area contributed by atoms with Crippen LogP contribution in [0.5, 0.6) is 0 Å². The second kappa shape index (κ2) is 8.61. The fraction of sp³-hybridized carbons (Fsp3) is 0.214. The molecular formula is C14H14ClN3O3. The van der Waals surface area contributed by atoms with Crippen LogP contribution >= 0.6 is 11.6 Å². The number of rotatable bonds is 6. The van der Waals surface area contributed by atoms with Crippen LogP contribution in [0.15, 0.2) is 36.0 Å². The molecule has 0 heterocycles. The third-order valence-electron chi connectivity index (χ3n) is 2.45. The molecule has 0 spiro atoms. The van der Waals surface area contributed by atoms with Gasteiger partial charge in [-0.2, -0.15) is 5.26 Å². The van der Waals surface area contributed by atoms with E-state index in [1.54, 1.807) is 30.3 Å². The number of amides is 1. The molecule has 0 saturated heterocycles. The Labute approximate surface area is 127 Å². The first-order valence-electron chi connectivity index (χ1n) is 6.00. The predicted octanol–water partition coefficient (Wildman–Crippen LogP) is 1.13. The maximum absolute atomic E-state index is 11.8. The van der Waals surface area contributed by atoms with E-state index in [-0.39, 0.29) is 18.7 Å². The molecule has 0 aliphatic heterocycles. The third-order valence-corrected chi connectivity index (χ3v) is 2.70. The first-order valence-corrected chi connectivity index (χ1v) is 6.37. The standard InChI is InChI=1S/C14H14ClN3O3/c1-21-13(19)9-17-8-11(6-16)14(20)18-7-10-2-4-12(15)5-3-10/h2-5,8,17H,7,9H2,1H3,(H,18,20)/b11-8-. The summed E-state index contributed by atoms with van der Waals surface area (Å²) in [6.07, 6.45) is 1.17. The van der Waals surface area contributed by atoms with Gasteiger partial charge in [0, 0.05) is 17.8 Å². The molecule has 21 heavy (non-hydrogen) atoms. The lowest BCUT2D eigenvalue weighted by Crippen LogP contribution is -2.26. The molecule has 6 nitrogen and oxygen atoms in total. The molecule has 0 saturated carbocycles. The number of methoxy groups -OCH3 is 1. The molecule has 0 aromatic heterocycles. The van der Waals surface area contributed by atoms with Crippen molar-refractivity contribution in [2.75, 3.05) is 13.7 Å². The van der Waals surface area contributed by atoms with E-state index in [1.807, 2.05) is 0 Å². The highest BCUT2D eigenvalue weighted by molar-refractivity contribution is 6.30. The van der Waals surface area contributed by atoms with Gasteiger partial charge < -0.3 is 15.4 Å². The number of nitrogens with one attached hydrogen (secondary N) is 2. The van der Waals surface area contributed by atoms with Crippen molar-refractivity contribution in [1.82, 2.24) is 10.6 Å². The Kier molecular flexibility index (Phi) is 6.78. The maximum atomic E-state index is 11.8. The SMILES string of the molecule is COC(=O)CN/C=C(/C#N)C(=O)NCc1ccc(Cl)cc1. The molecule has 0 bridgehead atoms. The molecule has 1 amide bonds.